The molecule has 0 N–H and O–H groups in total. The van der Waals surface area contributed by atoms with Gasteiger partial charge in [-0.2, -0.15) is 0 Å². The zero-order valence-electron chi connectivity index (χ0n) is 15.3. The molecule has 1 aliphatic carbocycles. The normalized spacial score (nSPS) is 25.2. The molecule has 2 heterocycles. The number of halogens is 1. The molecule has 1 saturated carbocycles. The van der Waals surface area contributed by atoms with Gasteiger partial charge in [0, 0.05) is 32.2 Å². The molecule has 2 saturated heterocycles. The van der Waals surface area contributed by atoms with Crippen molar-refractivity contribution < 1.29 is 27.1 Å². The number of carbonyl (C=O) groups excluding carboxylic acids is 2. The number of fused-ring (bicyclic) bond motifs is 1. The third kappa shape index (κ3) is 3.83. The molecular formula is C18H22FN3O5S. The summed E-state index contributed by atoms with van der Waals surface area (Å²) in [6.45, 7) is 1.04. The fourth-order valence-electron chi connectivity index (χ4n) is 3.65. The Bertz CT molecular complexity index is 872. The first-order valence-corrected chi connectivity index (χ1v) is 10.9. The van der Waals surface area contributed by atoms with Crippen molar-refractivity contribution in [3.8, 4) is 5.75 Å². The Hall–Kier alpha value is -2.20. The van der Waals surface area contributed by atoms with Crippen LogP contribution in [0, 0.1) is 5.82 Å². The molecule has 10 heteroatoms. The van der Waals surface area contributed by atoms with Crippen LogP contribution in [0.2, 0.25) is 0 Å². The molecule has 1 atom stereocenters. The van der Waals surface area contributed by atoms with Gasteiger partial charge in [0.1, 0.15) is 17.6 Å². The number of carbonyl (C=O) groups is 2. The summed E-state index contributed by atoms with van der Waals surface area (Å²) in [5.41, 5.74) is 0. The highest BCUT2D eigenvalue weighted by molar-refractivity contribution is 7.89. The lowest BCUT2D eigenvalue weighted by molar-refractivity contribution is -0.141. The van der Waals surface area contributed by atoms with Gasteiger partial charge in [-0.05, 0) is 37.1 Å². The van der Waals surface area contributed by atoms with Crippen molar-refractivity contribution in [1.82, 2.24) is 14.1 Å². The number of rotatable bonds is 4. The van der Waals surface area contributed by atoms with E-state index in [9.17, 15) is 22.4 Å². The van der Waals surface area contributed by atoms with E-state index in [0.717, 1.165) is 4.31 Å². The first-order chi connectivity index (χ1) is 13.3. The van der Waals surface area contributed by atoms with Crippen LogP contribution in [0.5, 0.6) is 5.75 Å². The largest absolute Gasteiger partial charge is 0.484 e. The number of amides is 2. The summed E-state index contributed by atoms with van der Waals surface area (Å²) < 4.78 is 44.4. The monoisotopic (exact) mass is 411 g/mol. The van der Waals surface area contributed by atoms with Crippen molar-refractivity contribution in [3.05, 3.63) is 30.1 Å². The Morgan fingerprint density at radius 3 is 2.54 bits per heavy atom. The van der Waals surface area contributed by atoms with Crippen LogP contribution in [0.15, 0.2) is 24.3 Å². The molecule has 28 heavy (non-hydrogen) atoms. The van der Waals surface area contributed by atoms with Gasteiger partial charge in [0.15, 0.2) is 6.61 Å². The van der Waals surface area contributed by atoms with E-state index in [0.29, 0.717) is 31.7 Å². The van der Waals surface area contributed by atoms with Gasteiger partial charge in [0.05, 0.1) is 5.75 Å². The zero-order valence-corrected chi connectivity index (χ0v) is 16.1. The predicted molar refractivity (Wildman–Crippen MR) is 97.5 cm³/mol. The molecule has 1 aromatic carbocycles. The maximum atomic E-state index is 13.0. The first-order valence-electron chi connectivity index (χ1n) is 9.31. The molecule has 0 radical (unpaired) electrons. The molecule has 2 amide bonds. The lowest BCUT2D eigenvalue weighted by Crippen LogP contribution is -2.60. The van der Waals surface area contributed by atoms with Crippen LogP contribution in [0.25, 0.3) is 0 Å². The average molecular weight is 411 g/mol. The third-order valence-electron chi connectivity index (χ3n) is 5.34. The Balaban J connectivity index is 1.42. The smallest absolute Gasteiger partial charge is 0.260 e. The second kappa shape index (κ2) is 7.32. The minimum atomic E-state index is -3.61. The second-order valence-corrected chi connectivity index (χ2v) is 9.28. The van der Waals surface area contributed by atoms with Crippen LogP contribution in [0.4, 0.5) is 4.39 Å². The second-order valence-electron chi connectivity index (χ2n) is 7.32. The maximum Gasteiger partial charge on any atom is 0.260 e. The van der Waals surface area contributed by atoms with Crippen LogP contribution in [-0.4, -0.2) is 85.0 Å². The zero-order chi connectivity index (χ0) is 19.9. The van der Waals surface area contributed by atoms with Crippen LogP contribution in [-0.2, 0) is 19.6 Å². The number of ether oxygens (including phenoxy) is 1. The summed E-state index contributed by atoms with van der Waals surface area (Å²) in [7, 11) is -3.61. The topological polar surface area (TPSA) is 87.2 Å². The molecule has 152 valence electrons. The molecule has 0 bridgehead atoms. The van der Waals surface area contributed by atoms with Crippen LogP contribution in [0.1, 0.15) is 12.8 Å². The van der Waals surface area contributed by atoms with Crippen molar-refractivity contribution in [2.75, 3.05) is 38.5 Å². The van der Waals surface area contributed by atoms with Crippen molar-refractivity contribution in [3.63, 3.8) is 0 Å². The summed E-state index contributed by atoms with van der Waals surface area (Å²) in [5, 5.41) is 0. The Labute approximate surface area is 162 Å². The average Bonchev–Trinajstić information content (AvgIpc) is 3.50. The van der Waals surface area contributed by atoms with E-state index in [-0.39, 0.29) is 37.4 Å². The summed E-state index contributed by atoms with van der Waals surface area (Å²) in [6, 6.07) is 4.49. The molecule has 1 unspecified atom stereocenters. The molecule has 1 aromatic rings. The number of hydrogen-bond donors (Lipinski definition) is 0. The lowest BCUT2D eigenvalue weighted by Gasteiger charge is -2.39. The predicted octanol–water partition coefficient (Wildman–Crippen LogP) is 0.0517. The van der Waals surface area contributed by atoms with Gasteiger partial charge in [0.25, 0.3) is 11.8 Å². The summed E-state index contributed by atoms with van der Waals surface area (Å²) in [5.74, 6) is -0.812. The maximum absolute atomic E-state index is 13.0. The van der Waals surface area contributed by atoms with E-state index in [1.165, 1.54) is 29.2 Å². The van der Waals surface area contributed by atoms with Gasteiger partial charge in [-0.15, -0.1) is 0 Å². The number of sulfonamides is 1. The van der Waals surface area contributed by atoms with Gasteiger partial charge in [-0.1, -0.05) is 0 Å². The van der Waals surface area contributed by atoms with Gasteiger partial charge >= 0.3 is 0 Å². The van der Waals surface area contributed by atoms with E-state index in [1.807, 2.05) is 4.90 Å². The molecule has 0 spiro atoms. The van der Waals surface area contributed by atoms with Crippen molar-refractivity contribution in [1.29, 1.82) is 0 Å². The number of hydrogen-bond acceptors (Lipinski definition) is 6. The third-order valence-corrected chi connectivity index (χ3v) is 7.11. The van der Waals surface area contributed by atoms with Crippen molar-refractivity contribution in [2.45, 2.75) is 24.9 Å². The van der Waals surface area contributed by atoms with Gasteiger partial charge in [0.2, 0.25) is 10.0 Å². The molecular weight excluding hydrogens is 389 g/mol. The van der Waals surface area contributed by atoms with Gasteiger partial charge < -0.3 is 9.64 Å². The SMILES string of the molecule is O=C(COc1ccc(F)cc1)N1CCN2CCS(=O)(=O)N(C3CC3)C(=O)C2C1. The Morgan fingerprint density at radius 2 is 1.86 bits per heavy atom. The highest BCUT2D eigenvalue weighted by Crippen LogP contribution is 2.32. The fourth-order valence-corrected chi connectivity index (χ4v) is 5.37. The number of benzene rings is 1. The minimum Gasteiger partial charge on any atom is -0.484 e. The summed E-state index contributed by atoms with van der Waals surface area (Å²) in [6.07, 6.45) is 1.40. The molecule has 3 fully saturated rings. The Morgan fingerprint density at radius 1 is 1.14 bits per heavy atom. The molecule has 0 aromatic heterocycles. The van der Waals surface area contributed by atoms with E-state index in [2.05, 4.69) is 0 Å². The highest BCUT2D eigenvalue weighted by Gasteiger charge is 2.48. The van der Waals surface area contributed by atoms with E-state index < -0.39 is 27.8 Å². The molecule has 2 aliphatic heterocycles. The van der Waals surface area contributed by atoms with Crippen LogP contribution < -0.4 is 4.74 Å². The minimum absolute atomic E-state index is 0.0760. The Kier molecular flexibility index (Phi) is 5.00. The lowest BCUT2D eigenvalue weighted by atomic mass is 10.1. The highest BCUT2D eigenvalue weighted by atomic mass is 32.2. The number of nitrogens with zero attached hydrogens (tertiary/aromatic N) is 3. The summed E-state index contributed by atoms with van der Waals surface area (Å²) >= 11 is 0. The molecule has 8 nitrogen and oxygen atoms in total. The molecule has 4 rings (SSSR count). The summed E-state index contributed by atoms with van der Waals surface area (Å²) in [4.78, 5) is 28.9. The van der Waals surface area contributed by atoms with Crippen molar-refractivity contribution in [2.24, 2.45) is 0 Å². The number of piperazine rings is 1. The van der Waals surface area contributed by atoms with Gasteiger partial charge in [-0.25, -0.2) is 17.1 Å². The quantitative estimate of drug-likeness (QED) is 0.696. The van der Waals surface area contributed by atoms with Crippen molar-refractivity contribution >= 4 is 21.8 Å². The standard InChI is InChI=1S/C18H22FN3O5S/c19-13-1-5-15(6-2-13)27-12-17(23)21-8-7-20-9-10-28(25,26)22(14-3-4-14)18(24)16(20)11-21/h1-2,5-6,14,16H,3-4,7-12H2. The van der Waals surface area contributed by atoms with Gasteiger partial charge in [-0.3, -0.25) is 14.5 Å². The van der Waals surface area contributed by atoms with Crippen LogP contribution >= 0.6 is 0 Å². The first kappa shape index (κ1) is 19.1. The van der Waals surface area contributed by atoms with E-state index in [4.69, 9.17) is 4.74 Å². The fraction of sp³-hybridized carbons (Fsp3) is 0.556. The van der Waals surface area contributed by atoms with Crippen LogP contribution in [0.3, 0.4) is 0 Å². The van der Waals surface area contributed by atoms with E-state index >= 15 is 0 Å². The molecule has 3 aliphatic rings. The van der Waals surface area contributed by atoms with E-state index in [1.54, 1.807) is 0 Å².